The second-order valence-corrected chi connectivity index (χ2v) is 8.73. The highest BCUT2D eigenvalue weighted by atomic mass is 35.5. The number of benzene rings is 1. The molecule has 0 aliphatic carbocycles. The van der Waals surface area contributed by atoms with Crippen molar-refractivity contribution in [1.82, 2.24) is 9.21 Å². The van der Waals surface area contributed by atoms with E-state index in [2.05, 4.69) is 0 Å². The van der Waals surface area contributed by atoms with E-state index in [0.717, 1.165) is 18.4 Å². The van der Waals surface area contributed by atoms with E-state index in [1.807, 2.05) is 6.92 Å². The molecule has 152 valence electrons. The summed E-state index contributed by atoms with van der Waals surface area (Å²) in [6, 6.07) is 5.17. The average molecular weight is 418 g/mol. The zero-order valence-corrected chi connectivity index (χ0v) is 17.2. The normalized spacial score (nSPS) is 19.6. The maximum atomic E-state index is 13.1. The van der Waals surface area contributed by atoms with E-state index in [4.69, 9.17) is 10.5 Å². The highest BCUT2D eigenvalue weighted by Crippen LogP contribution is 2.24. The molecule has 0 radical (unpaired) electrons. The lowest BCUT2D eigenvalue weighted by atomic mass is 10.0. The first-order valence-corrected chi connectivity index (χ1v) is 10.6. The summed E-state index contributed by atoms with van der Waals surface area (Å²) in [5, 5.41) is 0. The molecule has 2 aliphatic rings. The van der Waals surface area contributed by atoms with E-state index in [1.165, 1.54) is 4.31 Å². The minimum absolute atomic E-state index is 0. The van der Waals surface area contributed by atoms with E-state index in [9.17, 15) is 13.2 Å². The fraction of sp³-hybridized carbons (Fsp3) is 0.611. The van der Waals surface area contributed by atoms with E-state index < -0.39 is 10.0 Å². The zero-order chi connectivity index (χ0) is 18.7. The molecule has 0 aromatic heterocycles. The van der Waals surface area contributed by atoms with E-state index in [1.54, 1.807) is 23.1 Å². The molecule has 1 aromatic carbocycles. The van der Waals surface area contributed by atoms with Crippen LogP contribution in [0.15, 0.2) is 23.1 Å². The second-order valence-electron chi connectivity index (χ2n) is 6.82. The molecule has 2 fully saturated rings. The molecular formula is C18H28ClN3O4S. The number of hydrogen-bond donors (Lipinski definition) is 1. The Morgan fingerprint density at radius 2 is 1.81 bits per heavy atom. The number of likely N-dealkylation sites (tertiary alicyclic amines) is 1. The Balaban J connectivity index is 0.00000261. The lowest BCUT2D eigenvalue weighted by molar-refractivity contribution is 0.0713. The molecule has 9 heteroatoms. The summed E-state index contributed by atoms with van der Waals surface area (Å²) in [7, 11) is -3.64. The van der Waals surface area contributed by atoms with Crippen molar-refractivity contribution in [2.45, 2.75) is 37.1 Å². The van der Waals surface area contributed by atoms with Crippen LogP contribution >= 0.6 is 12.4 Å². The fourth-order valence-corrected chi connectivity index (χ4v) is 5.16. The summed E-state index contributed by atoms with van der Waals surface area (Å²) in [5.41, 5.74) is 7.06. The Labute approximate surface area is 167 Å². The van der Waals surface area contributed by atoms with Gasteiger partial charge in [-0.1, -0.05) is 13.0 Å². The van der Waals surface area contributed by atoms with Crippen LogP contribution in [0.3, 0.4) is 0 Å². The number of amides is 1. The van der Waals surface area contributed by atoms with Crippen LogP contribution in [0.1, 0.15) is 35.7 Å². The second kappa shape index (κ2) is 9.34. The van der Waals surface area contributed by atoms with Crippen LogP contribution in [0.25, 0.3) is 0 Å². The van der Waals surface area contributed by atoms with Crippen molar-refractivity contribution >= 4 is 28.3 Å². The van der Waals surface area contributed by atoms with Crippen LogP contribution in [-0.2, 0) is 21.2 Å². The lowest BCUT2D eigenvalue weighted by Gasteiger charge is -2.30. The van der Waals surface area contributed by atoms with Gasteiger partial charge >= 0.3 is 0 Å². The van der Waals surface area contributed by atoms with Gasteiger partial charge in [0.05, 0.1) is 18.1 Å². The molecule has 0 bridgehead atoms. The third-order valence-corrected chi connectivity index (χ3v) is 7.09. The molecule has 0 unspecified atom stereocenters. The smallest absolute Gasteiger partial charge is 0.253 e. The van der Waals surface area contributed by atoms with Gasteiger partial charge in [-0.2, -0.15) is 4.31 Å². The Morgan fingerprint density at radius 1 is 1.19 bits per heavy atom. The molecule has 7 nitrogen and oxygen atoms in total. The first-order chi connectivity index (χ1) is 12.4. The lowest BCUT2D eigenvalue weighted by Crippen LogP contribution is -2.43. The summed E-state index contributed by atoms with van der Waals surface area (Å²) in [6.07, 6.45) is 2.14. The molecule has 2 saturated heterocycles. The molecule has 0 saturated carbocycles. The molecule has 2 N–H and O–H groups in total. The van der Waals surface area contributed by atoms with Crippen molar-refractivity contribution in [3.05, 3.63) is 29.3 Å². The minimum atomic E-state index is -3.64. The Bertz CT molecular complexity index is 758. The van der Waals surface area contributed by atoms with Gasteiger partial charge in [-0.25, -0.2) is 8.42 Å². The van der Waals surface area contributed by atoms with Crippen LogP contribution in [0.2, 0.25) is 0 Å². The Morgan fingerprint density at radius 3 is 2.41 bits per heavy atom. The number of nitrogens with zero attached hydrogens (tertiary/aromatic N) is 2. The Kier molecular flexibility index (Phi) is 7.64. The number of rotatable bonds is 4. The highest BCUT2D eigenvalue weighted by molar-refractivity contribution is 7.89. The van der Waals surface area contributed by atoms with Crippen LogP contribution in [-0.4, -0.2) is 69.0 Å². The van der Waals surface area contributed by atoms with Crippen LogP contribution < -0.4 is 5.73 Å². The van der Waals surface area contributed by atoms with Crippen molar-refractivity contribution in [2.24, 2.45) is 5.73 Å². The van der Waals surface area contributed by atoms with Crippen LogP contribution in [0, 0.1) is 0 Å². The maximum Gasteiger partial charge on any atom is 0.253 e. The predicted molar refractivity (Wildman–Crippen MR) is 106 cm³/mol. The average Bonchev–Trinajstić information content (AvgIpc) is 2.68. The van der Waals surface area contributed by atoms with Crippen molar-refractivity contribution in [3.8, 4) is 0 Å². The number of piperidine rings is 1. The highest BCUT2D eigenvalue weighted by Gasteiger charge is 2.30. The molecule has 27 heavy (non-hydrogen) atoms. The monoisotopic (exact) mass is 417 g/mol. The number of aryl methyl sites for hydroxylation is 1. The zero-order valence-electron chi connectivity index (χ0n) is 15.6. The van der Waals surface area contributed by atoms with Crippen molar-refractivity contribution in [3.63, 3.8) is 0 Å². The number of hydrogen-bond acceptors (Lipinski definition) is 5. The number of ether oxygens (including phenoxy) is 1. The number of nitrogens with two attached hydrogens (primary N) is 1. The van der Waals surface area contributed by atoms with Gasteiger partial charge in [-0.05, 0) is 37.0 Å². The largest absolute Gasteiger partial charge is 0.379 e. The molecule has 1 aromatic rings. The third kappa shape index (κ3) is 4.81. The van der Waals surface area contributed by atoms with Gasteiger partial charge in [0, 0.05) is 37.8 Å². The van der Waals surface area contributed by atoms with E-state index in [0.29, 0.717) is 51.4 Å². The van der Waals surface area contributed by atoms with Gasteiger partial charge in [0.25, 0.3) is 5.91 Å². The molecule has 0 spiro atoms. The van der Waals surface area contributed by atoms with E-state index >= 15 is 0 Å². The van der Waals surface area contributed by atoms with Gasteiger partial charge in [0.2, 0.25) is 10.0 Å². The Hall–Kier alpha value is -1.19. The molecule has 1 amide bonds. The molecule has 3 rings (SSSR count). The first kappa shape index (κ1) is 22.1. The SMILES string of the molecule is CCc1ccc(C(=O)N2CCC(N)CC2)cc1S(=O)(=O)N1CCOCC1.Cl. The summed E-state index contributed by atoms with van der Waals surface area (Å²) < 4.78 is 32.9. The number of sulfonamides is 1. The molecule has 2 aliphatic heterocycles. The molecule has 2 heterocycles. The summed E-state index contributed by atoms with van der Waals surface area (Å²) in [6.45, 7) is 4.62. The third-order valence-electron chi connectivity index (χ3n) is 5.11. The van der Waals surface area contributed by atoms with Crippen molar-refractivity contribution in [2.75, 3.05) is 39.4 Å². The van der Waals surface area contributed by atoms with Gasteiger partial charge < -0.3 is 15.4 Å². The quantitative estimate of drug-likeness (QED) is 0.795. The predicted octanol–water partition coefficient (Wildman–Crippen LogP) is 1.26. The van der Waals surface area contributed by atoms with Gasteiger partial charge in [0.15, 0.2) is 0 Å². The van der Waals surface area contributed by atoms with E-state index in [-0.39, 0.29) is 29.3 Å². The minimum Gasteiger partial charge on any atom is -0.379 e. The van der Waals surface area contributed by atoms with Gasteiger partial charge in [-0.15, -0.1) is 12.4 Å². The fourth-order valence-electron chi connectivity index (χ4n) is 3.43. The first-order valence-electron chi connectivity index (χ1n) is 9.19. The van der Waals surface area contributed by atoms with Gasteiger partial charge in [-0.3, -0.25) is 4.79 Å². The van der Waals surface area contributed by atoms with Crippen molar-refractivity contribution in [1.29, 1.82) is 0 Å². The number of carbonyl (C=O) groups is 1. The van der Waals surface area contributed by atoms with Gasteiger partial charge in [0.1, 0.15) is 0 Å². The molecular weight excluding hydrogens is 390 g/mol. The number of morpholine rings is 1. The van der Waals surface area contributed by atoms with Crippen LogP contribution in [0.5, 0.6) is 0 Å². The summed E-state index contributed by atoms with van der Waals surface area (Å²) in [4.78, 5) is 14.8. The summed E-state index contributed by atoms with van der Waals surface area (Å²) >= 11 is 0. The van der Waals surface area contributed by atoms with Crippen LogP contribution in [0.4, 0.5) is 0 Å². The maximum absolute atomic E-state index is 13.1. The molecule has 0 atom stereocenters. The standard InChI is InChI=1S/C18H27N3O4S.ClH/c1-2-14-3-4-15(18(22)20-7-5-16(19)6-8-20)13-17(14)26(23,24)21-9-11-25-12-10-21;/h3-4,13,16H,2,5-12,19H2,1H3;1H. The number of carbonyl (C=O) groups excluding carboxylic acids is 1. The van der Waals surface area contributed by atoms with Crippen molar-refractivity contribution < 1.29 is 17.9 Å². The summed E-state index contributed by atoms with van der Waals surface area (Å²) in [5.74, 6) is -0.127. The number of halogens is 1. The topological polar surface area (TPSA) is 92.9 Å².